The van der Waals surface area contributed by atoms with E-state index >= 15 is 0 Å². The van der Waals surface area contributed by atoms with E-state index in [2.05, 4.69) is 24.8 Å². The zero-order chi connectivity index (χ0) is 22.8. The minimum atomic E-state index is -3.72. The number of aryl methyl sites for hydroxylation is 1. The maximum atomic E-state index is 13.6. The van der Waals surface area contributed by atoms with Gasteiger partial charge >= 0.3 is 6.29 Å². The van der Waals surface area contributed by atoms with E-state index in [-0.39, 0.29) is 17.3 Å². The molecule has 31 heavy (non-hydrogen) atoms. The Morgan fingerprint density at radius 2 is 1.61 bits per heavy atom. The third-order valence-corrected chi connectivity index (χ3v) is 4.14. The van der Waals surface area contributed by atoms with E-state index in [0.717, 1.165) is 12.4 Å². The van der Waals surface area contributed by atoms with Crippen LogP contribution in [0.1, 0.15) is 29.8 Å². The van der Waals surface area contributed by atoms with Gasteiger partial charge in [-0.3, -0.25) is 9.78 Å². The highest BCUT2D eigenvalue weighted by Gasteiger charge is 2.43. The Hall–Kier alpha value is -3.69. The van der Waals surface area contributed by atoms with Crippen molar-refractivity contribution in [2.45, 2.75) is 27.1 Å². The number of anilines is 1. The zero-order valence-electron chi connectivity index (χ0n) is 16.7. The number of hydrogen-bond acceptors (Lipinski definition) is 5. The van der Waals surface area contributed by atoms with E-state index in [1.54, 1.807) is 13.0 Å². The summed E-state index contributed by atoms with van der Waals surface area (Å²) in [7, 11) is 0. The Labute approximate surface area is 174 Å². The molecule has 1 N–H and O–H groups in total. The molecule has 0 fully saturated rings. The highest BCUT2D eigenvalue weighted by Crippen LogP contribution is 2.44. The number of nitrogens with zero attached hydrogens (tertiary/aromatic N) is 2. The van der Waals surface area contributed by atoms with Crippen molar-refractivity contribution in [1.29, 1.82) is 0 Å². The SMILES string of the molecule is CC.Cc1cc2c(cc1-c1ccc(NC(=O)c3c(F)cncc3F)nc1)OC(F)(F)O2. The highest BCUT2D eigenvalue weighted by molar-refractivity contribution is 6.04. The van der Waals surface area contributed by atoms with Gasteiger partial charge in [0.1, 0.15) is 11.4 Å². The third kappa shape index (κ3) is 4.57. The number of benzene rings is 1. The van der Waals surface area contributed by atoms with Crippen molar-refractivity contribution in [2.75, 3.05) is 5.32 Å². The first-order valence-corrected chi connectivity index (χ1v) is 9.21. The normalized spacial score (nSPS) is 13.3. The van der Waals surface area contributed by atoms with Gasteiger partial charge in [0.25, 0.3) is 5.91 Å². The van der Waals surface area contributed by atoms with Crippen LogP contribution in [0.2, 0.25) is 0 Å². The molecular weight excluding hydrogens is 418 g/mol. The summed E-state index contributed by atoms with van der Waals surface area (Å²) in [5, 5.41) is 2.28. The third-order valence-electron chi connectivity index (χ3n) is 4.14. The van der Waals surface area contributed by atoms with Crippen molar-refractivity contribution in [1.82, 2.24) is 9.97 Å². The number of hydrogen-bond donors (Lipinski definition) is 1. The maximum Gasteiger partial charge on any atom is 0.586 e. The van der Waals surface area contributed by atoms with Crippen LogP contribution in [0.4, 0.5) is 23.4 Å². The maximum absolute atomic E-state index is 13.6. The lowest BCUT2D eigenvalue weighted by molar-refractivity contribution is -0.286. The van der Waals surface area contributed by atoms with E-state index in [4.69, 9.17) is 0 Å². The van der Waals surface area contributed by atoms with Crippen LogP contribution in [0, 0.1) is 18.6 Å². The number of carbonyl (C=O) groups excluding carboxylic acids is 1. The molecule has 0 saturated carbocycles. The molecule has 4 rings (SSSR count). The first-order valence-electron chi connectivity index (χ1n) is 9.21. The van der Waals surface area contributed by atoms with Gasteiger partial charge in [-0.05, 0) is 42.3 Å². The molecule has 0 aliphatic carbocycles. The Morgan fingerprint density at radius 1 is 1.00 bits per heavy atom. The molecule has 1 aliphatic rings. The molecular formula is C21H17F4N3O3. The molecule has 162 valence electrons. The van der Waals surface area contributed by atoms with Crippen molar-refractivity contribution < 1.29 is 31.8 Å². The second-order valence-electron chi connectivity index (χ2n) is 6.15. The number of fused-ring (bicyclic) bond motifs is 1. The van der Waals surface area contributed by atoms with Crippen LogP contribution < -0.4 is 14.8 Å². The molecule has 1 aliphatic heterocycles. The van der Waals surface area contributed by atoms with Crippen molar-refractivity contribution in [3.63, 3.8) is 0 Å². The van der Waals surface area contributed by atoms with Gasteiger partial charge in [-0.25, -0.2) is 13.8 Å². The number of alkyl halides is 2. The fourth-order valence-corrected chi connectivity index (χ4v) is 2.84. The first kappa shape index (κ1) is 22.0. The molecule has 6 nitrogen and oxygen atoms in total. The lowest BCUT2D eigenvalue weighted by Crippen LogP contribution is -2.25. The average Bonchev–Trinajstić information content (AvgIpc) is 3.02. The molecule has 3 aromatic rings. The minimum Gasteiger partial charge on any atom is -0.395 e. The standard InChI is InChI=1S/C19H11F4N3O3.C2H6/c1-9-4-14-15(29-19(22,23)28-14)5-11(9)10-2-3-16(25-6-10)26-18(27)17-12(20)7-24-8-13(17)21;1-2/h2-8H,1H3,(H,25,26,27);1-2H3. The Balaban J connectivity index is 0.00000132. The summed E-state index contributed by atoms with van der Waals surface area (Å²) in [6, 6.07) is 5.77. The van der Waals surface area contributed by atoms with Gasteiger partial charge < -0.3 is 14.8 Å². The molecule has 0 atom stereocenters. The molecule has 1 aromatic carbocycles. The van der Waals surface area contributed by atoms with Gasteiger partial charge in [0.2, 0.25) is 0 Å². The van der Waals surface area contributed by atoms with Crippen LogP contribution in [0.5, 0.6) is 11.5 Å². The van der Waals surface area contributed by atoms with Crippen molar-refractivity contribution in [2.24, 2.45) is 0 Å². The fraction of sp³-hybridized carbons (Fsp3) is 0.190. The molecule has 0 spiro atoms. The lowest BCUT2D eigenvalue weighted by atomic mass is 10.0. The zero-order valence-corrected chi connectivity index (χ0v) is 16.7. The summed E-state index contributed by atoms with van der Waals surface area (Å²) in [6.45, 7) is 5.69. The van der Waals surface area contributed by atoms with E-state index in [1.807, 2.05) is 13.8 Å². The van der Waals surface area contributed by atoms with Gasteiger partial charge in [-0.2, -0.15) is 0 Å². The molecule has 1 amide bonds. The quantitative estimate of drug-likeness (QED) is 0.563. The predicted octanol–water partition coefficient (Wildman–Crippen LogP) is 5.33. The monoisotopic (exact) mass is 435 g/mol. The van der Waals surface area contributed by atoms with E-state index in [0.29, 0.717) is 16.7 Å². The predicted molar refractivity (Wildman–Crippen MR) is 104 cm³/mol. The van der Waals surface area contributed by atoms with E-state index < -0.39 is 29.4 Å². The van der Waals surface area contributed by atoms with Crippen molar-refractivity contribution in [3.8, 4) is 22.6 Å². The average molecular weight is 435 g/mol. The van der Waals surface area contributed by atoms with Gasteiger partial charge in [0, 0.05) is 11.8 Å². The van der Waals surface area contributed by atoms with Crippen LogP contribution in [0.3, 0.4) is 0 Å². The Kier molecular flexibility index (Phi) is 6.09. The molecule has 3 heterocycles. The molecule has 0 unspecified atom stereocenters. The molecule has 2 aromatic heterocycles. The summed E-state index contributed by atoms with van der Waals surface area (Å²) in [5.74, 6) is -3.38. The number of ether oxygens (including phenoxy) is 2. The largest absolute Gasteiger partial charge is 0.586 e. The highest BCUT2D eigenvalue weighted by atomic mass is 19.3. The number of rotatable bonds is 3. The molecule has 0 bridgehead atoms. The number of halogens is 4. The topological polar surface area (TPSA) is 73.3 Å². The van der Waals surface area contributed by atoms with Crippen LogP contribution in [0.15, 0.2) is 42.9 Å². The van der Waals surface area contributed by atoms with Crippen LogP contribution >= 0.6 is 0 Å². The molecule has 10 heteroatoms. The van der Waals surface area contributed by atoms with E-state index in [9.17, 15) is 22.4 Å². The van der Waals surface area contributed by atoms with E-state index in [1.165, 1.54) is 24.4 Å². The van der Waals surface area contributed by atoms with Gasteiger partial charge in [0.15, 0.2) is 23.1 Å². The first-order chi connectivity index (χ1) is 14.7. The van der Waals surface area contributed by atoms with Gasteiger partial charge in [-0.15, -0.1) is 8.78 Å². The van der Waals surface area contributed by atoms with Crippen LogP contribution in [-0.4, -0.2) is 22.2 Å². The number of aromatic nitrogens is 2. The summed E-state index contributed by atoms with van der Waals surface area (Å²) < 4.78 is 62.6. The minimum absolute atomic E-state index is 0.0410. The molecule has 0 radical (unpaired) electrons. The molecule has 0 saturated heterocycles. The number of pyridine rings is 2. The smallest absolute Gasteiger partial charge is 0.395 e. The van der Waals surface area contributed by atoms with Crippen LogP contribution in [0.25, 0.3) is 11.1 Å². The second-order valence-corrected chi connectivity index (χ2v) is 6.15. The summed E-state index contributed by atoms with van der Waals surface area (Å²) in [6.07, 6.45) is -0.907. The Bertz CT molecular complexity index is 1100. The number of amides is 1. The second kappa shape index (κ2) is 8.58. The van der Waals surface area contributed by atoms with Gasteiger partial charge in [-0.1, -0.05) is 13.8 Å². The summed E-state index contributed by atoms with van der Waals surface area (Å²) in [4.78, 5) is 19.4. The van der Waals surface area contributed by atoms with Crippen LogP contribution in [-0.2, 0) is 0 Å². The Morgan fingerprint density at radius 3 is 2.19 bits per heavy atom. The summed E-state index contributed by atoms with van der Waals surface area (Å²) in [5.41, 5.74) is 0.952. The summed E-state index contributed by atoms with van der Waals surface area (Å²) >= 11 is 0. The van der Waals surface area contributed by atoms with Gasteiger partial charge in [0.05, 0.1) is 12.4 Å². The van der Waals surface area contributed by atoms with Crippen molar-refractivity contribution >= 4 is 11.7 Å². The fourth-order valence-electron chi connectivity index (χ4n) is 2.84. The lowest BCUT2D eigenvalue weighted by Gasteiger charge is -2.09. The number of nitrogens with one attached hydrogen (secondary N) is 1. The van der Waals surface area contributed by atoms with Crippen molar-refractivity contribution in [3.05, 3.63) is 65.6 Å². The number of carbonyl (C=O) groups is 1.